The van der Waals surface area contributed by atoms with E-state index >= 15 is 0 Å². The summed E-state index contributed by atoms with van der Waals surface area (Å²) in [5.41, 5.74) is 0. The van der Waals surface area contributed by atoms with Crippen molar-refractivity contribution in [3.8, 4) is 0 Å². The van der Waals surface area contributed by atoms with Crippen LogP contribution in [0.1, 0.15) is 33.1 Å². The maximum Gasteiger partial charge on any atom is 0.140 e. The van der Waals surface area contributed by atoms with Gasteiger partial charge >= 0.3 is 0 Å². The maximum atomic E-state index is 11.3. The number of ketones is 1. The van der Waals surface area contributed by atoms with Crippen LogP contribution in [0.5, 0.6) is 0 Å². The molecule has 1 heteroatoms. The Bertz CT molecular complexity index is 168. The second-order valence-corrected chi connectivity index (χ2v) is 3.67. The molecule has 1 unspecified atom stereocenters. The van der Waals surface area contributed by atoms with Crippen LogP contribution in [0.3, 0.4) is 0 Å². The zero-order chi connectivity index (χ0) is 8.27. The van der Waals surface area contributed by atoms with E-state index in [-0.39, 0.29) is 5.92 Å². The van der Waals surface area contributed by atoms with E-state index in [0.717, 1.165) is 19.3 Å². The zero-order valence-corrected chi connectivity index (χ0v) is 7.34. The molecule has 0 bridgehead atoms. The number of rotatable bonds is 2. The highest BCUT2D eigenvalue weighted by Gasteiger charge is 2.18. The molecular weight excluding hydrogens is 136 g/mol. The summed E-state index contributed by atoms with van der Waals surface area (Å²) in [6.45, 7) is 4.32. The molecule has 1 atom stereocenters. The molecule has 0 spiro atoms. The van der Waals surface area contributed by atoms with E-state index in [4.69, 9.17) is 0 Å². The van der Waals surface area contributed by atoms with E-state index in [2.05, 4.69) is 26.0 Å². The highest BCUT2D eigenvalue weighted by Crippen LogP contribution is 2.20. The summed E-state index contributed by atoms with van der Waals surface area (Å²) < 4.78 is 0. The zero-order valence-electron chi connectivity index (χ0n) is 7.34. The second-order valence-electron chi connectivity index (χ2n) is 3.67. The quantitative estimate of drug-likeness (QED) is 0.556. The van der Waals surface area contributed by atoms with Gasteiger partial charge in [-0.15, -0.1) is 0 Å². The molecule has 0 radical (unpaired) electrons. The van der Waals surface area contributed by atoms with Crippen LogP contribution in [0.15, 0.2) is 12.2 Å². The number of hydrogen-bond acceptors (Lipinski definition) is 1. The second kappa shape index (κ2) is 3.70. The topological polar surface area (TPSA) is 17.1 Å². The number of hydrogen-bond donors (Lipinski definition) is 0. The Morgan fingerprint density at radius 3 is 2.91 bits per heavy atom. The van der Waals surface area contributed by atoms with Gasteiger partial charge in [0.25, 0.3) is 0 Å². The number of Topliss-reactive ketones (excluding diaryl/α,β-unsaturated/α-hetero) is 1. The number of carbonyl (C=O) groups excluding carboxylic acids is 1. The van der Waals surface area contributed by atoms with Crippen molar-refractivity contribution in [2.24, 2.45) is 11.8 Å². The molecule has 1 nitrogen and oxygen atoms in total. The van der Waals surface area contributed by atoms with Crippen molar-refractivity contribution in [1.82, 2.24) is 0 Å². The highest BCUT2D eigenvalue weighted by molar-refractivity contribution is 5.83. The van der Waals surface area contributed by atoms with Crippen molar-refractivity contribution in [3.63, 3.8) is 0 Å². The predicted molar refractivity (Wildman–Crippen MR) is 46.3 cm³/mol. The fourth-order valence-electron chi connectivity index (χ4n) is 1.50. The van der Waals surface area contributed by atoms with E-state index in [0.29, 0.717) is 11.7 Å². The van der Waals surface area contributed by atoms with E-state index in [1.54, 1.807) is 0 Å². The normalized spacial score (nSPS) is 24.6. The average Bonchev–Trinajstić information content (AvgIpc) is 1.93. The van der Waals surface area contributed by atoms with Crippen LogP contribution in [-0.2, 0) is 4.79 Å². The molecule has 0 aromatic rings. The van der Waals surface area contributed by atoms with Crippen molar-refractivity contribution < 1.29 is 4.79 Å². The SMILES string of the molecule is CC(C)CC1C=CCCC1=O. The molecule has 0 amide bonds. The molecule has 0 aromatic heterocycles. The van der Waals surface area contributed by atoms with Crippen molar-refractivity contribution >= 4 is 5.78 Å². The lowest BCUT2D eigenvalue weighted by Gasteiger charge is -2.16. The van der Waals surface area contributed by atoms with Gasteiger partial charge in [0.1, 0.15) is 5.78 Å². The summed E-state index contributed by atoms with van der Waals surface area (Å²) in [7, 11) is 0. The molecule has 1 rings (SSSR count). The summed E-state index contributed by atoms with van der Waals surface area (Å²) >= 11 is 0. The van der Waals surface area contributed by atoms with Crippen molar-refractivity contribution in [2.75, 3.05) is 0 Å². The molecule has 0 heterocycles. The van der Waals surface area contributed by atoms with Gasteiger partial charge in [-0.3, -0.25) is 4.79 Å². The minimum absolute atomic E-state index is 0.226. The van der Waals surface area contributed by atoms with Crippen LogP contribution >= 0.6 is 0 Å². The first kappa shape index (κ1) is 8.51. The van der Waals surface area contributed by atoms with Crippen molar-refractivity contribution in [1.29, 1.82) is 0 Å². The average molecular weight is 152 g/mol. The molecule has 1 aliphatic rings. The standard InChI is InChI=1S/C10H16O/c1-8(2)7-9-5-3-4-6-10(9)11/h3,5,8-9H,4,6-7H2,1-2H3. The van der Waals surface area contributed by atoms with Gasteiger partial charge in [-0.1, -0.05) is 26.0 Å². The third-order valence-electron chi connectivity index (χ3n) is 2.06. The predicted octanol–water partition coefficient (Wildman–Crippen LogP) is 2.57. The first-order valence-electron chi connectivity index (χ1n) is 4.39. The van der Waals surface area contributed by atoms with Gasteiger partial charge in [-0.25, -0.2) is 0 Å². The van der Waals surface area contributed by atoms with Gasteiger partial charge in [0.05, 0.1) is 0 Å². The molecule has 0 saturated carbocycles. The lowest BCUT2D eigenvalue weighted by molar-refractivity contribution is -0.122. The summed E-state index contributed by atoms with van der Waals surface area (Å²) in [4.78, 5) is 11.3. The molecule has 0 saturated heterocycles. The fraction of sp³-hybridized carbons (Fsp3) is 0.700. The van der Waals surface area contributed by atoms with Gasteiger partial charge in [-0.05, 0) is 18.8 Å². The van der Waals surface area contributed by atoms with Crippen LogP contribution in [0.25, 0.3) is 0 Å². The van der Waals surface area contributed by atoms with Gasteiger partial charge < -0.3 is 0 Å². The lowest BCUT2D eigenvalue weighted by atomic mass is 9.87. The van der Waals surface area contributed by atoms with E-state index < -0.39 is 0 Å². The Hall–Kier alpha value is -0.590. The largest absolute Gasteiger partial charge is 0.299 e. The Balaban J connectivity index is 2.48. The Morgan fingerprint density at radius 2 is 2.36 bits per heavy atom. The Labute approximate surface area is 68.5 Å². The van der Waals surface area contributed by atoms with Crippen LogP contribution in [-0.4, -0.2) is 5.78 Å². The fourth-order valence-corrected chi connectivity index (χ4v) is 1.50. The molecule has 11 heavy (non-hydrogen) atoms. The van der Waals surface area contributed by atoms with Crippen LogP contribution in [0, 0.1) is 11.8 Å². The van der Waals surface area contributed by atoms with Gasteiger partial charge in [-0.2, -0.15) is 0 Å². The number of carbonyl (C=O) groups is 1. The molecule has 0 N–H and O–H groups in total. The summed E-state index contributed by atoms with van der Waals surface area (Å²) in [6, 6.07) is 0. The minimum Gasteiger partial charge on any atom is -0.299 e. The Kier molecular flexibility index (Phi) is 2.86. The highest BCUT2D eigenvalue weighted by atomic mass is 16.1. The maximum absolute atomic E-state index is 11.3. The van der Waals surface area contributed by atoms with Crippen LogP contribution < -0.4 is 0 Å². The lowest BCUT2D eigenvalue weighted by Crippen LogP contribution is -2.16. The molecule has 0 aromatic carbocycles. The van der Waals surface area contributed by atoms with E-state index in [1.807, 2.05) is 0 Å². The van der Waals surface area contributed by atoms with Gasteiger partial charge in [0, 0.05) is 12.3 Å². The van der Waals surface area contributed by atoms with Gasteiger partial charge in [0.2, 0.25) is 0 Å². The summed E-state index contributed by atoms with van der Waals surface area (Å²) in [5.74, 6) is 1.29. The summed E-state index contributed by atoms with van der Waals surface area (Å²) in [5, 5.41) is 0. The third kappa shape index (κ3) is 2.49. The number of allylic oxidation sites excluding steroid dienone is 2. The van der Waals surface area contributed by atoms with Crippen molar-refractivity contribution in [3.05, 3.63) is 12.2 Å². The van der Waals surface area contributed by atoms with Crippen LogP contribution in [0.4, 0.5) is 0 Å². The minimum atomic E-state index is 0.226. The van der Waals surface area contributed by atoms with E-state index in [9.17, 15) is 4.79 Å². The molecule has 0 fully saturated rings. The smallest absolute Gasteiger partial charge is 0.140 e. The van der Waals surface area contributed by atoms with Gasteiger partial charge in [0.15, 0.2) is 0 Å². The molecule has 1 aliphatic carbocycles. The molecule has 62 valence electrons. The van der Waals surface area contributed by atoms with Crippen LogP contribution in [0.2, 0.25) is 0 Å². The molecular formula is C10H16O. The summed E-state index contributed by atoms with van der Waals surface area (Å²) in [6.07, 6.45) is 6.94. The first-order valence-corrected chi connectivity index (χ1v) is 4.39. The third-order valence-corrected chi connectivity index (χ3v) is 2.06. The Morgan fingerprint density at radius 1 is 1.64 bits per heavy atom. The monoisotopic (exact) mass is 152 g/mol. The molecule has 0 aliphatic heterocycles. The van der Waals surface area contributed by atoms with E-state index in [1.165, 1.54) is 0 Å². The van der Waals surface area contributed by atoms with Crippen molar-refractivity contribution in [2.45, 2.75) is 33.1 Å². The first-order chi connectivity index (χ1) is 5.20.